The molecule has 0 aromatic heterocycles. The van der Waals surface area contributed by atoms with Crippen LogP contribution >= 0.6 is 11.8 Å². The molecule has 0 amide bonds. The highest BCUT2D eigenvalue weighted by atomic mass is 32.2. The second-order valence-electron chi connectivity index (χ2n) is 6.91. The lowest BCUT2D eigenvalue weighted by molar-refractivity contribution is -0.148. The van der Waals surface area contributed by atoms with Crippen LogP contribution in [0, 0.1) is 0 Å². The Morgan fingerprint density at radius 2 is 1.94 bits per heavy atom. The van der Waals surface area contributed by atoms with Crippen LogP contribution in [-0.2, 0) is 25.8 Å². The topological polar surface area (TPSA) is 90.7 Å². The van der Waals surface area contributed by atoms with Gasteiger partial charge in [0.1, 0.15) is 12.0 Å². The molecule has 32 heavy (non-hydrogen) atoms. The van der Waals surface area contributed by atoms with Gasteiger partial charge in [-0.1, -0.05) is 54.6 Å². The van der Waals surface area contributed by atoms with Crippen LogP contribution < -0.4 is 11.2 Å². The lowest BCUT2D eigenvalue weighted by Gasteiger charge is -2.30. The number of halogens is 1. The minimum absolute atomic E-state index is 0.150. The normalized spacial score (nSPS) is 17.2. The molecule has 3 unspecified atom stereocenters. The van der Waals surface area contributed by atoms with Crippen molar-refractivity contribution in [3.63, 3.8) is 0 Å². The summed E-state index contributed by atoms with van der Waals surface area (Å²) < 4.78 is 20.2. The third-order valence-corrected chi connectivity index (χ3v) is 6.22. The monoisotopic (exact) mass is 454 g/mol. The van der Waals surface area contributed by atoms with E-state index < -0.39 is 23.4 Å². The number of allylic oxidation sites excluding steroid dienone is 4. The van der Waals surface area contributed by atoms with Crippen LogP contribution in [0.4, 0.5) is 10.1 Å². The summed E-state index contributed by atoms with van der Waals surface area (Å²) >= 11 is 1.18. The number of benzene rings is 2. The predicted molar refractivity (Wildman–Crippen MR) is 122 cm³/mol. The van der Waals surface area contributed by atoms with Crippen LogP contribution in [0.1, 0.15) is 5.56 Å². The first-order chi connectivity index (χ1) is 15.5. The van der Waals surface area contributed by atoms with Crippen LogP contribution in [0.3, 0.4) is 0 Å². The number of para-hydroxylation sites is 1. The van der Waals surface area contributed by atoms with Gasteiger partial charge in [-0.25, -0.2) is 9.18 Å². The molecule has 3 N–H and O–H groups in total. The highest BCUT2D eigenvalue weighted by Crippen LogP contribution is 2.38. The van der Waals surface area contributed by atoms with Crippen molar-refractivity contribution >= 4 is 29.4 Å². The van der Waals surface area contributed by atoms with Crippen molar-refractivity contribution < 1.29 is 23.6 Å². The number of ether oxygens (including phenoxy) is 1. The van der Waals surface area contributed by atoms with E-state index in [4.69, 9.17) is 15.3 Å². The van der Waals surface area contributed by atoms with Crippen molar-refractivity contribution in [1.82, 2.24) is 5.48 Å². The van der Waals surface area contributed by atoms with Crippen LogP contribution in [0.5, 0.6) is 0 Å². The van der Waals surface area contributed by atoms with Crippen molar-refractivity contribution in [2.75, 3.05) is 12.8 Å². The van der Waals surface area contributed by atoms with Gasteiger partial charge in [0, 0.05) is 10.6 Å². The van der Waals surface area contributed by atoms with Gasteiger partial charge in [0.15, 0.2) is 6.17 Å². The third kappa shape index (κ3) is 5.75. The molecule has 0 saturated carbocycles. The molecule has 0 saturated heterocycles. The molecular weight excluding hydrogens is 431 g/mol. The number of nitrogen functional groups attached to an aromatic ring is 1. The Balaban J connectivity index is 1.92. The van der Waals surface area contributed by atoms with Crippen LogP contribution in [-0.4, -0.2) is 36.5 Å². The number of anilines is 1. The number of hydrogen-bond acceptors (Lipinski definition) is 7. The van der Waals surface area contributed by atoms with Crippen molar-refractivity contribution in [2.24, 2.45) is 0 Å². The molecule has 0 radical (unpaired) electrons. The van der Waals surface area contributed by atoms with Crippen LogP contribution in [0.15, 0.2) is 88.9 Å². The standard InChI is InChI=1S/C24H23FN2O4S/c1-30-24(29)22(27-31-15-16-8-3-2-4-9-16)23(32-20-13-6-5-12-19(20)26)18-11-7-10-17(14-28)21(18)25/h2-13,21-23,27H,15,26H2,1H3. The molecule has 166 valence electrons. The Labute approximate surface area is 189 Å². The summed E-state index contributed by atoms with van der Waals surface area (Å²) in [6.07, 6.45) is 2.71. The summed E-state index contributed by atoms with van der Waals surface area (Å²) in [4.78, 5) is 30.1. The van der Waals surface area contributed by atoms with Crippen molar-refractivity contribution in [1.29, 1.82) is 0 Å². The maximum Gasteiger partial charge on any atom is 0.326 e. The zero-order valence-electron chi connectivity index (χ0n) is 17.4. The van der Waals surface area contributed by atoms with Gasteiger partial charge >= 0.3 is 5.97 Å². The zero-order chi connectivity index (χ0) is 22.9. The molecule has 6 nitrogen and oxygen atoms in total. The van der Waals surface area contributed by atoms with Gasteiger partial charge in [-0.05, 0) is 29.3 Å². The first-order valence-electron chi connectivity index (χ1n) is 9.82. The Bertz CT molecular complexity index is 1050. The molecule has 0 fully saturated rings. The van der Waals surface area contributed by atoms with Gasteiger partial charge in [-0.3, -0.25) is 9.63 Å². The molecule has 3 atom stereocenters. The van der Waals surface area contributed by atoms with E-state index >= 15 is 4.39 Å². The number of hydrogen-bond donors (Lipinski definition) is 2. The molecule has 0 aliphatic heterocycles. The van der Waals surface area contributed by atoms with Gasteiger partial charge in [-0.2, -0.15) is 5.48 Å². The maximum atomic E-state index is 15.2. The lowest BCUT2D eigenvalue weighted by Crippen LogP contribution is -2.47. The Kier molecular flexibility index (Phi) is 8.41. The average Bonchev–Trinajstić information content (AvgIpc) is 2.82. The second kappa shape index (κ2) is 11.5. The number of nitrogens with one attached hydrogen (secondary N) is 1. The molecule has 2 aromatic carbocycles. The third-order valence-electron chi connectivity index (χ3n) is 4.80. The van der Waals surface area contributed by atoms with Gasteiger partial charge in [0.2, 0.25) is 0 Å². The van der Waals surface area contributed by atoms with Crippen LogP contribution in [0.25, 0.3) is 0 Å². The number of thioether (sulfide) groups is 1. The van der Waals surface area contributed by atoms with E-state index in [1.165, 1.54) is 31.0 Å². The fourth-order valence-electron chi connectivity index (χ4n) is 3.14. The molecule has 2 aromatic rings. The van der Waals surface area contributed by atoms with E-state index in [0.717, 1.165) is 5.56 Å². The summed E-state index contributed by atoms with van der Waals surface area (Å²) in [7, 11) is 1.24. The van der Waals surface area contributed by atoms with Crippen molar-refractivity contribution in [3.8, 4) is 0 Å². The van der Waals surface area contributed by atoms with Gasteiger partial charge in [0.25, 0.3) is 0 Å². The molecule has 0 heterocycles. The summed E-state index contributed by atoms with van der Waals surface area (Å²) in [5, 5.41) is -0.828. The van der Waals surface area contributed by atoms with E-state index in [0.29, 0.717) is 10.6 Å². The van der Waals surface area contributed by atoms with E-state index in [1.807, 2.05) is 30.3 Å². The average molecular weight is 455 g/mol. The van der Waals surface area contributed by atoms with E-state index in [2.05, 4.69) is 5.48 Å². The minimum Gasteiger partial charge on any atom is -0.468 e. The molecular formula is C24H23FN2O4S. The molecule has 1 aliphatic carbocycles. The largest absolute Gasteiger partial charge is 0.468 e. The summed E-state index contributed by atoms with van der Waals surface area (Å²) in [6, 6.07) is 15.3. The SMILES string of the molecule is COC(=O)C(NOCc1ccccc1)C(Sc1ccccc1N)C1=CC=CC(=C=O)C1F. The van der Waals surface area contributed by atoms with Gasteiger partial charge in [-0.15, -0.1) is 11.8 Å². The Hall–Kier alpha value is -3.16. The number of hydroxylamine groups is 1. The minimum atomic E-state index is -1.73. The van der Waals surface area contributed by atoms with Crippen molar-refractivity contribution in [2.45, 2.75) is 29.0 Å². The molecule has 1 aliphatic rings. The maximum absolute atomic E-state index is 15.2. The fourth-order valence-corrected chi connectivity index (χ4v) is 4.41. The molecule has 3 rings (SSSR count). The molecule has 8 heteroatoms. The Morgan fingerprint density at radius 1 is 1.22 bits per heavy atom. The van der Waals surface area contributed by atoms with Crippen molar-refractivity contribution in [3.05, 3.63) is 89.5 Å². The number of carbonyl (C=O) groups excluding carboxylic acids is 2. The number of alkyl halides is 1. The first kappa shape index (κ1) is 23.5. The van der Waals surface area contributed by atoms with Gasteiger partial charge in [0.05, 0.1) is 24.5 Å². The van der Waals surface area contributed by atoms with Crippen LogP contribution in [0.2, 0.25) is 0 Å². The number of rotatable bonds is 9. The molecule has 0 spiro atoms. The van der Waals surface area contributed by atoms with Gasteiger partial charge < -0.3 is 10.5 Å². The number of methoxy groups -OCH3 is 1. The predicted octanol–water partition coefficient (Wildman–Crippen LogP) is 3.58. The Morgan fingerprint density at radius 3 is 2.62 bits per heavy atom. The molecule has 0 bridgehead atoms. The fraction of sp³-hybridized carbons (Fsp3) is 0.208. The quantitative estimate of drug-likeness (QED) is 0.197. The first-order valence-corrected chi connectivity index (χ1v) is 10.7. The van der Waals surface area contributed by atoms with E-state index in [-0.39, 0.29) is 17.8 Å². The van der Waals surface area contributed by atoms with E-state index in [1.54, 1.807) is 36.3 Å². The number of carbonyl (C=O) groups is 1. The second-order valence-corrected chi connectivity index (χ2v) is 8.10. The summed E-state index contributed by atoms with van der Waals surface area (Å²) in [6.45, 7) is 0.177. The summed E-state index contributed by atoms with van der Waals surface area (Å²) in [5.74, 6) is 0.974. The van der Waals surface area contributed by atoms with E-state index in [9.17, 15) is 9.59 Å². The summed E-state index contributed by atoms with van der Waals surface area (Å²) in [5.41, 5.74) is 10.2. The highest BCUT2D eigenvalue weighted by Gasteiger charge is 2.38. The lowest BCUT2D eigenvalue weighted by atomic mass is 9.93. The smallest absolute Gasteiger partial charge is 0.326 e. The number of esters is 1. The zero-order valence-corrected chi connectivity index (χ0v) is 18.2. The number of nitrogens with two attached hydrogens (primary N) is 1. The highest BCUT2D eigenvalue weighted by molar-refractivity contribution is 8.00.